The minimum Gasteiger partial charge on any atom is -0.492 e. The van der Waals surface area contributed by atoms with Crippen LogP contribution in [0.15, 0.2) is 34.2 Å². The van der Waals surface area contributed by atoms with Gasteiger partial charge in [-0.15, -0.1) is 24.0 Å². The van der Waals surface area contributed by atoms with Gasteiger partial charge in [0.05, 0.1) is 24.7 Å². The van der Waals surface area contributed by atoms with Crippen LogP contribution in [0.25, 0.3) is 0 Å². The van der Waals surface area contributed by atoms with E-state index in [-0.39, 0.29) is 28.9 Å². The molecule has 23 heavy (non-hydrogen) atoms. The zero-order valence-corrected chi connectivity index (χ0v) is 16.1. The minimum absolute atomic E-state index is 0. The number of hydrogen-bond acceptors (Lipinski definition) is 5. The molecule has 9 heteroatoms. The maximum absolute atomic E-state index is 11.3. The van der Waals surface area contributed by atoms with Crippen molar-refractivity contribution in [1.82, 2.24) is 4.90 Å². The van der Waals surface area contributed by atoms with E-state index in [1.54, 1.807) is 12.1 Å². The highest BCUT2D eigenvalue weighted by molar-refractivity contribution is 14.0. The summed E-state index contributed by atoms with van der Waals surface area (Å²) in [5.74, 6) is 1.10. The minimum atomic E-state index is -3.18. The molecule has 0 aliphatic carbocycles. The Balaban J connectivity index is 0.00000264. The Morgan fingerprint density at radius 1 is 1.30 bits per heavy atom. The Labute approximate surface area is 153 Å². The molecule has 0 saturated carbocycles. The molecule has 1 aromatic rings. The van der Waals surface area contributed by atoms with Crippen molar-refractivity contribution >= 4 is 39.8 Å². The number of nitrogens with zero attached hydrogens (tertiary/aromatic N) is 2. The van der Waals surface area contributed by atoms with Crippen molar-refractivity contribution in [3.8, 4) is 5.75 Å². The number of halogens is 1. The van der Waals surface area contributed by atoms with Crippen LogP contribution in [0.5, 0.6) is 5.75 Å². The molecule has 130 valence electrons. The number of ether oxygens (including phenoxy) is 2. The molecule has 0 atom stereocenters. The summed E-state index contributed by atoms with van der Waals surface area (Å²) < 4.78 is 33.4. The number of hydrogen-bond donors (Lipinski definition) is 1. The van der Waals surface area contributed by atoms with E-state index >= 15 is 0 Å². The summed E-state index contributed by atoms with van der Waals surface area (Å²) >= 11 is 0. The Hall–Kier alpha value is -1.07. The van der Waals surface area contributed by atoms with Gasteiger partial charge in [-0.25, -0.2) is 13.4 Å². The van der Waals surface area contributed by atoms with Gasteiger partial charge < -0.3 is 20.1 Å². The lowest BCUT2D eigenvalue weighted by Gasteiger charge is -2.27. The van der Waals surface area contributed by atoms with Gasteiger partial charge in [-0.05, 0) is 24.3 Å². The molecule has 2 N–H and O–H groups in total. The van der Waals surface area contributed by atoms with Crippen LogP contribution in [-0.4, -0.2) is 65.0 Å². The number of morpholine rings is 1. The van der Waals surface area contributed by atoms with Crippen molar-refractivity contribution < 1.29 is 17.9 Å². The molecular weight excluding hydrogens is 433 g/mol. The van der Waals surface area contributed by atoms with E-state index in [9.17, 15) is 8.42 Å². The molecule has 0 amide bonds. The molecule has 1 aliphatic rings. The lowest BCUT2D eigenvalue weighted by Crippen LogP contribution is -2.45. The molecule has 7 nitrogen and oxygen atoms in total. The lowest BCUT2D eigenvalue weighted by molar-refractivity contribution is 0.0674. The van der Waals surface area contributed by atoms with Crippen molar-refractivity contribution in [2.45, 2.75) is 4.90 Å². The molecule has 0 unspecified atom stereocenters. The third-order valence-electron chi connectivity index (χ3n) is 3.22. The molecule has 0 aromatic heterocycles. The van der Waals surface area contributed by atoms with Crippen LogP contribution in [0, 0.1) is 0 Å². The second-order valence-electron chi connectivity index (χ2n) is 4.93. The van der Waals surface area contributed by atoms with Crippen LogP contribution in [0.2, 0.25) is 0 Å². The highest BCUT2D eigenvalue weighted by atomic mass is 127. The molecule has 1 fully saturated rings. The van der Waals surface area contributed by atoms with Crippen LogP contribution >= 0.6 is 24.0 Å². The fourth-order valence-corrected chi connectivity index (χ4v) is 2.63. The molecular formula is C14H22IN3O4S. The van der Waals surface area contributed by atoms with Gasteiger partial charge >= 0.3 is 0 Å². The number of nitrogens with two attached hydrogens (primary N) is 1. The molecule has 0 radical (unpaired) electrons. The van der Waals surface area contributed by atoms with Gasteiger partial charge in [0.15, 0.2) is 15.8 Å². The number of sulfone groups is 1. The lowest BCUT2D eigenvalue weighted by atomic mass is 10.3. The molecule has 1 saturated heterocycles. The summed E-state index contributed by atoms with van der Waals surface area (Å²) in [6, 6.07) is 6.31. The molecule has 0 bridgehead atoms. The third kappa shape index (κ3) is 6.51. The summed E-state index contributed by atoms with van der Waals surface area (Å²) in [6.07, 6.45) is 1.17. The summed E-state index contributed by atoms with van der Waals surface area (Å²) in [4.78, 5) is 6.51. The Bertz CT molecular complexity index is 613. The number of guanidine groups is 1. The van der Waals surface area contributed by atoms with E-state index in [2.05, 4.69) is 4.99 Å². The van der Waals surface area contributed by atoms with E-state index in [0.717, 1.165) is 13.1 Å². The van der Waals surface area contributed by atoms with E-state index in [1.807, 2.05) is 4.90 Å². The smallest absolute Gasteiger partial charge is 0.191 e. The standard InChI is InChI=1S/C14H21N3O4S.HI/c1-22(18,19)13-4-2-12(3-5-13)21-9-6-16-14(15)17-7-10-20-11-8-17;/h2-5H,6-11H2,1H3,(H2,15,16);1H. The number of benzene rings is 1. The first-order valence-corrected chi connectivity index (χ1v) is 8.91. The highest BCUT2D eigenvalue weighted by Crippen LogP contribution is 2.15. The predicted molar refractivity (Wildman–Crippen MR) is 99.3 cm³/mol. The zero-order valence-electron chi connectivity index (χ0n) is 13.0. The number of aliphatic imine (C=N–C) groups is 1. The predicted octanol–water partition coefficient (Wildman–Crippen LogP) is 0.734. The van der Waals surface area contributed by atoms with Crippen molar-refractivity contribution in [3.05, 3.63) is 24.3 Å². The molecule has 2 rings (SSSR count). The van der Waals surface area contributed by atoms with Gasteiger partial charge in [0, 0.05) is 19.3 Å². The van der Waals surface area contributed by atoms with Gasteiger partial charge in [0.1, 0.15) is 12.4 Å². The monoisotopic (exact) mass is 455 g/mol. The van der Waals surface area contributed by atoms with Gasteiger partial charge in [0.2, 0.25) is 0 Å². The summed E-state index contributed by atoms with van der Waals surface area (Å²) in [5, 5.41) is 0. The topological polar surface area (TPSA) is 94.2 Å². The van der Waals surface area contributed by atoms with Crippen molar-refractivity contribution in [2.24, 2.45) is 10.7 Å². The summed E-state index contributed by atoms with van der Waals surface area (Å²) in [6.45, 7) is 3.66. The molecule has 0 spiro atoms. The Morgan fingerprint density at radius 3 is 2.48 bits per heavy atom. The van der Waals surface area contributed by atoms with Crippen LogP contribution in [0.3, 0.4) is 0 Å². The fraction of sp³-hybridized carbons (Fsp3) is 0.500. The van der Waals surface area contributed by atoms with E-state index in [4.69, 9.17) is 15.2 Å². The second-order valence-corrected chi connectivity index (χ2v) is 6.95. The zero-order chi connectivity index (χ0) is 16.0. The molecule has 1 heterocycles. The van der Waals surface area contributed by atoms with Crippen molar-refractivity contribution in [2.75, 3.05) is 45.7 Å². The van der Waals surface area contributed by atoms with Gasteiger partial charge in [-0.3, -0.25) is 0 Å². The third-order valence-corrected chi connectivity index (χ3v) is 4.35. The van der Waals surface area contributed by atoms with Crippen molar-refractivity contribution in [3.63, 3.8) is 0 Å². The average Bonchev–Trinajstić information content (AvgIpc) is 2.52. The van der Waals surface area contributed by atoms with Crippen molar-refractivity contribution in [1.29, 1.82) is 0 Å². The van der Waals surface area contributed by atoms with E-state index in [1.165, 1.54) is 18.4 Å². The fourth-order valence-electron chi connectivity index (χ4n) is 2.00. The normalized spacial score (nSPS) is 15.9. The van der Waals surface area contributed by atoms with Crippen LogP contribution in [-0.2, 0) is 14.6 Å². The van der Waals surface area contributed by atoms with Gasteiger partial charge in [-0.2, -0.15) is 0 Å². The Morgan fingerprint density at radius 2 is 1.91 bits per heavy atom. The second kappa shape index (κ2) is 9.28. The Kier molecular flexibility index (Phi) is 8.06. The largest absolute Gasteiger partial charge is 0.492 e. The van der Waals surface area contributed by atoms with E-state index in [0.29, 0.717) is 38.1 Å². The van der Waals surface area contributed by atoms with Crippen LogP contribution in [0.4, 0.5) is 0 Å². The average molecular weight is 455 g/mol. The maximum Gasteiger partial charge on any atom is 0.191 e. The highest BCUT2D eigenvalue weighted by Gasteiger charge is 2.11. The SMILES string of the molecule is CS(=O)(=O)c1ccc(OCCN=C(N)N2CCOCC2)cc1.I. The van der Waals surface area contributed by atoms with Gasteiger partial charge in [0.25, 0.3) is 0 Å². The van der Waals surface area contributed by atoms with Crippen LogP contribution in [0.1, 0.15) is 0 Å². The van der Waals surface area contributed by atoms with Gasteiger partial charge in [-0.1, -0.05) is 0 Å². The first-order chi connectivity index (χ1) is 10.5. The summed E-state index contributed by atoms with van der Waals surface area (Å²) in [7, 11) is -3.18. The first kappa shape index (κ1) is 20.0. The number of rotatable bonds is 5. The molecule has 1 aromatic carbocycles. The van der Waals surface area contributed by atoms with Crippen LogP contribution < -0.4 is 10.5 Å². The van der Waals surface area contributed by atoms with E-state index < -0.39 is 9.84 Å². The summed E-state index contributed by atoms with van der Waals surface area (Å²) in [5.41, 5.74) is 5.89. The first-order valence-electron chi connectivity index (χ1n) is 7.02. The maximum atomic E-state index is 11.3. The quantitative estimate of drug-likeness (QED) is 0.305. The molecule has 1 aliphatic heterocycles.